The lowest BCUT2D eigenvalue weighted by molar-refractivity contribution is -0.142. The molecule has 180 valence electrons. The van der Waals surface area contributed by atoms with Gasteiger partial charge in [0.1, 0.15) is 17.5 Å². The van der Waals surface area contributed by atoms with Crippen molar-refractivity contribution >= 4 is 27.7 Å². The zero-order valence-corrected chi connectivity index (χ0v) is 21.9. The van der Waals surface area contributed by atoms with Crippen LogP contribution in [0.4, 0.5) is 0 Å². The molecule has 0 saturated carbocycles. The molecular weight excluding hydrogens is 484 g/mol. The summed E-state index contributed by atoms with van der Waals surface area (Å²) in [6.45, 7) is 10.7. The van der Waals surface area contributed by atoms with Gasteiger partial charge in [0.05, 0.1) is 11.6 Å². The molecule has 0 aliphatic carbocycles. The highest BCUT2D eigenvalue weighted by Gasteiger charge is 2.27. The van der Waals surface area contributed by atoms with Crippen molar-refractivity contribution in [3.05, 3.63) is 58.1 Å². The number of nitrogens with zero attached hydrogens (tertiary/aromatic N) is 1. The van der Waals surface area contributed by atoms with E-state index in [1.165, 1.54) is 5.56 Å². The number of hydrogen-bond donors (Lipinski definition) is 1. The van der Waals surface area contributed by atoms with Crippen LogP contribution in [0, 0.1) is 5.92 Å². The van der Waals surface area contributed by atoms with E-state index in [2.05, 4.69) is 35.1 Å². The minimum absolute atomic E-state index is 0.175. The standard InChI is InChI=1S/C26H35BrN2O4/c1-17(2)14-28-26(31)19(5)29(15-20-8-7-9-22(12-20)32-6)25(30)16-33-24-11-10-21(18(3)4)13-23(24)27/h7-13,17-19H,14-16H2,1-6H3,(H,28,31). The summed E-state index contributed by atoms with van der Waals surface area (Å²) >= 11 is 3.53. The lowest BCUT2D eigenvalue weighted by Crippen LogP contribution is -2.49. The Kier molecular flexibility index (Phi) is 10.2. The molecule has 1 atom stereocenters. The number of methoxy groups -OCH3 is 1. The highest BCUT2D eigenvalue weighted by Crippen LogP contribution is 2.29. The second-order valence-electron chi connectivity index (χ2n) is 8.82. The third-order valence-electron chi connectivity index (χ3n) is 5.31. The van der Waals surface area contributed by atoms with E-state index in [1.54, 1.807) is 18.9 Å². The first-order chi connectivity index (χ1) is 15.6. The SMILES string of the molecule is COc1cccc(CN(C(=O)COc2ccc(C(C)C)cc2Br)C(C)C(=O)NCC(C)C)c1. The maximum Gasteiger partial charge on any atom is 0.261 e. The van der Waals surface area contributed by atoms with Gasteiger partial charge in [-0.05, 0) is 70.1 Å². The Morgan fingerprint density at radius 3 is 2.39 bits per heavy atom. The van der Waals surface area contributed by atoms with Gasteiger partial charge in [0.2, 0.25) is 5.91 Å². The number of amides is 2. The smallest absolute Gasteiger partial charge is 0.261 e. The van der Waals surface area contributed by atoms with E-state index in [4.69, 9.17) is 9.47 Å². The Morgan fingerprint density at radius 1 is 1.06 bits per heavy atom. The molecule has 0 aliphatic heterocycles. The molecule has 0 saturated heterocycles. The molecule has 0 fully saturated rings. The summed E-state index contributed by atoms with van der Waals surface area (Å²) in [6.07, 6.45) is 0. The maximum absolute atomic E-state index is 13.2. The van der Waals surface area contributed by atoms with Gasteiger partial charge in [-0.15, -0.1) is 0 Å². The number of rotatable bonds is 11. The van der Waals surface area contributed by atoms with E-state index >= 15 is 0 Å². The van der Waals surface area contributed by atoms with Gasteiger partial charge < -0.3 is 19.7 Å². The van der Waals surface area contributed by atoms with Crippen LogP contribution < -0.4 is 14.8 Å². The van der Waals surface area contributed by atoms with Gasteiger partial charge in [-0.3, -0.25) is 9.59 Å². The van der Waals surface area contributed by atoms with Crippen LogP contribution in [-0.2, 0) is 16.1 Å². The molecule has 2 rings (SSSR count). The first kappa shape index (κ1) is 26.7. The predicted octanol–water partition coefficient (Wildman–Crippen LogP) is 5.15. The Bertz CT molecular complexity index is 946. The second kappa shape index (κ2) is 12.6. The number of hydrogen-bond acceptors (Lipinski definition) is 4. The molecule has 33 heavy (non-hydrogen) atoms. The average Bonchev–Trinajstić information content (AvgIpc) is 2.79. The van der Waals surface area contributed by atoms with Gasteiger partial charge in [0.25, 0.3) is 5.91 Å². The van der Waals surface area contributed by atoms with Crippen molar-refractivity contribution in [1.82, 2.24) is 10.2 Å². The predicted molar refractivity (Wildman–Crippen MR) is 135 cm³/mol. The lowest BCUT2D eigenvalue weighted by atomic mass is 10.0. The lowest BCUT2D eigenvalue weighted by Gasteiger charge is -2.29. The molecule has 2 amide bonds. The molecule has 2 aromatic carbocycles. The van der Waals surface area contributed by atoms with Crippen LogP contribution in [0.1, 0.15) is 51.7 Å². The van der Waals surface area contributed by atoms with E-state index in [0.717, 1.165) is 10.0 Å². The summed E-state index contributed by atoms with van der Waals surface area (Å²) in [5.74, 6) is 1.53. The molecule has 0 aliphatic rings. The van der Waals surface area contributed by atoms with Crippen LogP contribution in [0.15, 0.2) is 46.9 Å². The Hall–Kier alpha value is -2.54. The van der Waals surface area contributed by atoms with E-state index < -0.39 is 6.04 Å². The van der Waals surface area contributed by atoms with Crippen LogP contribution in [0.5, 0.6) is 11.5 Å². The molecule has 6 nitrogen and oxygen atoms in total. The van der Waals surface area contributed by atoms with Crippen molar-refractivity contribution in [1.29, 1.82) is 0 Å². The maximum atomic E-state index is 13.2. The van der Waals surface area contributed by atoms with E-state index in [-0.39, 0.29) is 25.0 Å². The van der Waals surface area contributed by atoms with Crippen LogP contribution in [-0.4, -0.2) is 43.0 Å². The van der Waals surface area contributed by atoms with Crippen molar-refractivity contribution < 1.29 is 19.1 Å². The third-order valence-corrected chi connectivity index (χ3v) is 5.93. The van der Waals surface area contributed by atoms with Crippen LogP contribution in [0.3, 0.4) is 0 Å². The van der Waals surface area contributed by atoms with Gasteiger partial charge >= 0.3 is 0 Å². The third kappa shape index (κ3) is 8.07. The van der Waals surface area contributed by atoms with Crippen molar-refractivity contribution in [3.63, 3.8) is 0 Å². The molecule has 0 bridgehead atoms. The molecular formula is C26H35BrN2O4. The first-order valence-electron chi connectivity index (χ1n) is 11.2. The molecule has 7 heteroatoms. The highest BCUT2D eigenvalue weighted by atomic mass is 79.9. The zero-order chi connectivity index (χ0) is 24.5. The fourth-order valence-corrected chi connectivity index (χ4v) is 3.73. The van der Waals surface area contributed by atoms with E-state index in [9.17, 15) is 9.59 Å². The van der Waals surface area contributed by atoms with Gasteiger partial charge in [-0.25, -0.2) is 0 Å². The summed E-state index contributed by atoms with van der Waals surface area (Å²) in [4.78, 5) is 27.5. The molecule has 2 aromatic rings. The van der Waals surface area contributed by atoms with Crippen LogP contribution in [0.2, 0.25) is 0 Å². The summed E-state index contributed by atoms with van der Waals surface area (Å²) in [7, 11) is 1.60. The molecule has 1 N–H and O–H groups in total. The van der Waals surface area contributed by atoms with Gasteiger partial charge in [-0.1, -0.05) is 45.9 Å². The number of ether oxygens (including phenoxy) is 2. The zero-order valence-electron chi connectivity index (χ0n) is 20.4. The van der Waals surface area contributed by atoms with E-state index in [0.29, 0.717) is 29.9 Å². The molecule has 0 radical (unpaired) electrons. The average molecular weight is 519 g/mol. The summed E-state index contributed by atoms with van der Waals surface area (Å²) < 4.78 is 11.9. The number of halogens is 1. The van der Waals surface area contributed by atoms with Crippen molar-refractivity contribution in [2.45, 2.75) is 53.1 Å². The number of carbonyl (C=O) groups is 2. The monoisotopic (exact) mass is 518 g/mol. The summed E-state index contributed by atoms with van der Waals surface area (Å²) in [5.41, 5.74) is 2.05. The van der Waals surface area contributed by atoms with Gasteiger partial charge in [0.15, 0.2) is 6.61 Å². The largest absolute Gasteiger partial charge is 0.497 e. The molecule has 1 unspecified atom stereocenters. The topological polar surface area (TPSA) is 67.9 Å². The van der Waals surface area contributed by atoms with Crippen LogP contribution >= 0.6 is 15.9 Å². The van der Waals surface area contributed by atoms with E-state index in [1.807, 2.05) is 56.3 Å². The molecule has 0 aromatic heterocycles. The minimum Gasteiger partial charge on any atom is -0.497 e. The first-order valence-corrected chi connectivity index (χ1v) is 12.0. The number of nitrogens with one attached hydrogen (secondary N) is 1. The highest BCUT2D eigenvalue weighted by molar-refractivity contribution is 9.10. The van der Waals surface area contributed by atoms with Gasteiger partial charge in [-0.2, -0.15) is 0 Å². The summed E-state index contributed by atoms with van der Waals surface area (Å²) in [5, 5.41) is 2.92. The molecule has 0 spiro atoms. The number of carbonyl (C=O) groups excluding carboxylic acids is 2. The quantitative estimate of drug-likeness (QED) is 0.446. The Labute approximate surface area is 205 Å². The Balaban J connectivity index is 2.18. The Morgan fingerprint density at radius 2 is 1.79 bits per heavy atom. The minimum atomic E-state index is -0.655. The van der Waals surface area contributed by atoms with Crippen molar-refractivity contribution in [2.24, 2.45) is 5.92 Å². The fourth-order valence-electron chi connectivity index (χ4n) is 3.22. The number of benzene rings is 2. The van der Waals surface area contributed by atoms with Crippen molar-refractivity contribution in [2.75, 3.05) is 20.3 Å². The second-order valence-corrected chi connectivity index (χ2v) is 9.68. The normalized spacial score (nSPS) is 11.9. The summed E-state index contributed by atoms with van der Waals surface area (Å²) in [6, 6.07) is 12.7. The van der Waals surface area contributed by atoms with Crippen LogP contribution in [0.25, 0.3) is 0 Å². The van der Waals surface area contributed by atoms with Gasteiger partial charge in [0, 0.05) is 13.1 Å². The molecule has 0 heterocycles. The van der Waals surface area contributed by atoms with Crippen molar-refractivity contribution in [3.8, 4) is 11.5 Å². The fraction of sp³-hybridized carbons (Fsp3) is 0.462.